The van der Waals surface area contributed by atoms with Gasteiger partial charge in [0.1, 0.15) is 5.56 Å². The topological polar surface area (TPSA) is 62.0 Å². The molecule has 0 aliphatic rings. The second kappa shape index (κ2) is 5.25. The van der Waals surface area contributed by atoms with E-state index in [-0.39, 0.29) is 11.0 Å². The summed E-state index contributed by atoms with van der Waals surface area (Å²) < 4.78 is 0. The first-order valence-electron chi connectivity index (χ1n) is 6.63. The van der Waals surface area contributed by atoms with Gasteiger partial charge in [-0.15, -0.1) is 0 Å². The second-order valence-corrected chi connectivity index (χ2v) is 4.90. The first-order valence-corrected chi connectivity index (χ1v) is 6.63. The Hall–Kier alpha value is -2.88. The van der Waals surface area contributed by atoms with Gasteiger partial charge in [0.25, 0.3) is 5.91 Å². The highest BCUT2D eigenvalue weighted by Crippen LogP contribution is 2.12. The van der Waals surface area contributed by atoms with Gasteiger partial charge >= 0.3 is 0 Å². The molecule has 0 unspecified atom stereocenters. The van der Waals surface area contributed by atoms with Gasteiger partial charge in [-0.05, 0) is 31.2 Å². The van der Waals surface area contributed by atoms with Crippen molar-refractivity contribution >= 4 is 22.5 Å². The van der Waals surface area contributed by atoms with E-state index in [0.29, 0.717) is 11.1 Å². The minimum absolute atomic E-state index is 0.108. The molecule has 1 heterocycles. The van der Waals surface area contributed by atoms with Crippen LogP contribution in [0.4, 0.5) is 5.69 Å². The predicted octanol–water partition coefficient (Wildman–Crippen LogP) is 3.09. The Bertz CT molecular complexity index is 867. The van der Waals surface area contributed by atoms with Crippen LogP contribution in [0, 0.1) is 6.92 Å². The molecule has 104 valence electrons. The number of carbonyl (C=O) groups is 1. The molecule has 0 fully saturated rings. The zero-order valence-corrected chi connectivity index (χ0v) is 11.5. The van der Waals surface area contributed by atoms with Crippen molar-refractivity contribution in [3.63, 3.8) is 0 Å². The highest BCUT2D eigenvalue weighted by atomic mass is 16.2. The number of benzene rings is 2. The summed E-state index contributed by atoms with van der Waals surface area (Å²) in [5.74, 6) is -0.411. The number of aromatic nitrogens is 1. The summed E-state index contributed by atoms with van der Waals surface area (Å²) in [4.78, 5) is 27.7. The van der Waals surface area contributed by atoms with E-state index in [1.165, 1.54) is 6.20 Å². The Kier molecular flexibility index (Phi) is 3.28. The number of H-pyrrole nitrogens is 1. The Morgan fingerprint density at radius 1 is 1.10 bits per heavy atom. The third kappa shape index (κ3) is 2.56. The number of carbonyl (C=O) groups excluding carboxylic acids is 1. The van der Waals surface area contributed by atoms with E-state index < -0.39 is 5.91 Å². The number of hydrogen-bond acceptors (Lipinski definition) is 2. The molecule has 0 spiro atoms. The quantitative estimate of drug-likeness (QED) is 0.756. The van der Waals surface area contributed by atoms with Gasteiger partial charge in [-0.25, -0.2) is 0 Å². The zero-order chi connectivity index (χ0) is 14.8. The van der Waals surface area contributed by atoms with Crippen LogP contribution in [0.2, 0.25) is 0 Å². The third-order valence-corrected chi connectivity index (χ3v) is 3.31. The lowest BCUT2D eigenvalue weighted by Crippen LogP contribution is -2.21. The third-order valence-electron chi connectivity index (χ3n) is 3.31. The molecular formula is C17H14N2O2. The van der Waals surface area contributed by atoms with Gasteiger partial charge in [-0.2, -0.15) is 0 Å². The summed E-state index contributed by atoms with van der Waals surface area (Å²) in [6.45, 7) is 1.91. The fourth-order valence-electron chi connectivity index (χ4n) is 2.22. The van der Waals surface area contributed by atoms with Gasteiger partial charge < -0.3 is 10.3 Å². The van der Waals surface area contributed by atoms with Crippen molar-refractivity contribution < 1.29 is 4.79 Å². The van der Waals surface area contributed by atoms with Crippen LogP contribution in [0.3, 0.4) is 0 Å². The Balaban J connectivity index is 2.02. The molecule has 0 saturated carbocycles. The second-order valence-electron chi connectivity index (χ2n) is 4.90. The number of aryl methyl sites for hydroxylation is 1. The van der Waals surface area contributed by atoms with Gasteiger partial charge in [0, 0.05) is 22.8 Å². The smallest absolute Gasteiger partial charge is 0.261 e. The lowest BCUT2D eigenvalue weighted by atomic mass is 10.1. The van der Waals surface area contributed by atoms with Crippen molar-refractivity contribution in [2.24, 2.45) is 0 Å². The summed E-state index contributed by atoms with van der Waals surface area (Å²) >= 11 is 0. The molecule has 0 radical (unpaired) electrons. The van der Waals surface area contributed by atoms with Crippen LogP contribution in [0.5, 0.6) is 0 Å². The molecule has 4 heteroatoms. The van der Waals surface area contributed by atoms with Crippen molar-refractivity contribution in [3.8, 4) is 0 Å². The minimum Gasteiger partial charge on any atom is -0.360 e. The normalized spacial score (nSPS) is 10.5. The Labute approximate surface area is 121 Å². The number of fused-ring (bicyclic) bond motifs is 1. The van der Waals surface area contributed by atoms with Crippen molar-refractivity contribution in [1.29, 1.82) is 0 Å². The first-order chi connectivity index (χ1) is 10.1. The summed E-state index contributed by atoms with van der Waals surface area (Å²) in [5.41, 5.74) is 2.21. The first kappa shape index (κ1) is 13.1. The van der Waals surface area contributed by atoms with Crippen LogP contribution in [-0.4, -0.2) is 10.9 Å². The molecular weight excluding hydrogens is 264 g/mol. The van der Waals surface area contributed by atoms with Crippen LogP contribution in [0.15, 0.2) is 59.5 Å². The predicted molar refractivity (Wildman–Crippen MR) is 83.7 cm³/mol. The molecule has 21 heavy (non-hydrogen) atoms. The van der Waals surface area contributed by atoms with Crippen LogP contribution in [0.1, 0.15) is 15.9 Å². The number of hydrogen-bond donors (Lipinski definition) is 2. The number of para-hydroxylation sites is 1. The molecule has 2 aromatic carbocycles. The highest BCUT2D eigenvalue weighted by Gasteiger charge is 2.13. The summed E-state index contributed by atoms with van der Waals surface area (Å²) in [6, 6.07) is 14.6. The van der Waals surface area contributed by atoms with E-state index in [1.807, 2.05) is 37.3 Å². The standard InChI is InChI=1S/C17H14N2O2/c1-11-7-8-15-13(9-11)16(20)14(10-18-15)17(21)19-12-5-3-2-4-6-12/h2-10H,1H3,(H,18,20)(H,19,21). The molecule has 1 aromatic heterocycles. The molecule has 4 nitrogen and oxygen atoms in total. The average Bonchev–Trinajstić information content (AvgIpc) is 2.49. The molecule has 2 N–H and O–H groups in total. The van der Waals surface area contributed by atoms with Crippen LogP contribution in [-0.2, 0) is 0 Å². The monoisotopic (exact) mass is 278 g/mol. The fourth-order valence-corrected chi connectivity index (χ4v) is 2.22. The van der Waals surface area contributed by atoms with Crippen molar-refractivity contribution in [3.05, 3.63) is 76.1 Å². The molecule has 0 aliphatic heterocycles. The number of aromatic amines is 1. The maximum atomic E-state index is 12.4. The molecule has 3 aromatic rings. The molecule has 0 saturated heterocycles. The SMILES string of the molecule is Cc1ccc2[nH]cc(C(=O)Nc3ccccc3)c(=O)c2c1. The van der Waals surface area contributed by atoms with Crippen molar-refractivity contribution in [2.75, 3.05) is 5.32 Å². The average molecular weight is 278 g/mol. The number of anilines is 1. The van der Waals surface area contributed by atoms with Gasteiger partial charge in [0.15, 0.2) is 0 Å². The lowest BCUT2D eigenvalue weighted by Gasteiger charge is -2.06. The Morgan fingerprint density at radius 2 is 1.86 bits per heavy atom. The van der Waals surface area contributed by atoms with E-state index in [1.54, 1.807) is 18.2 Å². The lowest BCUT2D eigenvalue weighted by molar-refractivity contribution is 0.102. The number of rotatable bonds is 2. The van der Waals surface area contributed by atoms with Gasteiger partial charge in [-0.3, -0.25) is 9.59 Å². The molecule has 0 aliphatic carbocycles. The van der Waals surface area contributed by atoms with E-state index in [2.05, 4.69) is 10.3 Å². The van der Waals surface area contributed by atoms with Crippen LogP contribution < -0.4 is 10.7 Å². The molecule has 1 amide bonds. The van der Waals surface area contributed by atoms with Crippen LogP contribution >= 0.6 is 0 Å². The van der Waals surface area contributed by atoms with Crippen molar-refractivity contribution in [2.45, 2.75) is 6.92 Å². The maximum absolute atomic E-state index is 12.4. The van der Waals surface area contributed by atoms with Gasteiger partial charge in [0.05, 0.1) is 0 Å². The fraction of sp³-hybridized carbons (Fsp3) is 0.0588. The van der Waals surface area contributed by atoms with E-state index in [4.69, 9.17) is 0 Å². The number of nitrogens with one attached hydrogen (secondary N) is 2. The highest BCUT2D eigenvalue weighted by molar-refractivity contribution is 6.05. The zero-order valence-electron chi connectivity index (χ0n) is 11.5. The summed E-state index contributed by atoms with van der Waals surface area (Å²) in [6.07, 6.45) is 1.46. The van der Waals surface area contributed by atoms with E-state index >= 15 is 0 Å². The summed E-state index contributed by atoms with van der Waals surface area (Å²) in [5, 5.41) is 3.24. The summed E-state index contributed by atoms with van der Waals surface area (Å²) in [7, 11) is 0. The largest absolute Gasteiger partial charge is 0.360 e. The minimum atomic E-state index is -0.411. The van der Waals surface area contributed by atoms with E-state index in [0.717, 1.165) is 11.1 Å². The van der Waals surface area contributed by atoms with Crippen LogP contribution in [0.25, 0.3) is 10.9 Å². The number of pyridine rings is 1. The van der Waals surface area contributed by atoms with Gasteiger partial charge in [-0.1, -0.05) is 29.8 Å². The molecule has 0 bridgehead atoms. The number of amides is 1. The van der Waals surface area contributed by atoms with Gasteiger partial charge in [0.2, 0.25) is 5.43 Å². The maximum Gasteiger partial charge on any atom is 0.261 e. The molecule has 3 rings (SSSR count). The molecule has 0 atom stereocenters. The van der Waals surface area contributed by atoms with E-state index in [9.17, 15) is 9.59 Å². The van der Waals surface area contributed by atoms with Crippen molar-refractivity contribution in [1.82, 2.24) is 4.98 Å². The Morgan fingerprint density at radius 3 is 2.62 bits per heavy atom.